The molecule has 4 rings (SSSR count). The van der Waals surface area contributed by atoms with Crippen molar-refractivity contribution in [1.29, 1.82) is 0 Å². The van der Waals surface area contributed by atoms with Crippen LogP contribution < -0.4 is 5.73 Å². The second-order valence-electron chi connectivity index (χ2n) is 6.53. The van der Waals surface area contributed by atoms with E-state index >= 15 is 0 Å². The van der Waals surface area contributed by atoms with Crippen LogP contribution in [0.2, 0.25) is 0 Å². The molecule has 1 spiro atoms. The molecular weight excluding hydrogens is 230 g/mol. The summed E-state index contributed by atoms with van der Waals surface area (Å²) in [7, 11) is 0. The quantitative estimate of drug-likeness (QED) is 0.812. The van der Waals surface area contributed by atoms with Crippen LogP contribution >= 0.6 is 0 Å². The van der Waals surface area contributed by atoms with Crippen molar-refractivity contribution in [1.82, 2.24) is 0 Å². The first-order valence-electron chi connectivity index (χ1n) is 7.41. The van der Waals surface area contributed by atoms with Crippen molar-refractivity contribution < 1.29 is 14.2 Å². The molecule has 0 amide bonds. The van der Waals surface area contributed by atoms with Gasteiger partial charge in [-0.1, -0.05) is 0 Å². The summed E-state index contributed by atoms with van der Waals surface area (Å²) in [6.07, 6.45) is 6.65. The summed E-state index contributed by atoms with van der Waals surface area (Å²) in [6, 6.07) is 0.375. The molecule has 102 valence electrons. The Bertz CT molecular complexity index is 330. The van der Waals surface area contributed by atoms with Gasteiger partial charge in [0.1, 0.15) is 0 Å². The number of nitrogens with two attached hydrogens (primary N) is 1. The van der Waals surface area contributed by atoms with Crippen LogP contribution in [0, 0.1) is 17.3 Å². The molecule has 0 radical (unpaired) electrons. The molecule has 2 N–H and O–H groups in total. The van der Waals surface area contributed by atoms with Gasteiger partial charge in [0.2, 0.25) is 0 Å². The molecule has 2 bridgehead atoms. The summed E-state index contributed by atoms with van der Waals surface area (Å²) in [5, 5.41) is 0. The molecule has 0 aromatic heterocycles. The molecule has 4 nitrogen and oxygen atoms in total. The van der Waals surface area contributed by atoms with Gasteiger partial charge in [0.25, 0.3) is 6.48 Å². The van der Waals surface area contributed by atoms with Gasteiger partial charge >= 0.3 is 0 Å². The topological polar surface area (TPSA) is 53.7 Å². The van der Waals surface area contributed by atoms with E-state index in [1.807, 2.05) is 6.92 Å². The molecule has 7 atom stereocenters. The Morgan fingerprint density at radius 2 is 1.94 bits per heavy atom. The Labute approximate surface area is 108 Å². The van der Waals surface area contributed by atoms with Crippen LogP contribution in [0.25, 0.3) is 0 Å². The van der Waals surface area contributed by atoms with Gasteiger partial charge in [-0.3, -0.25) is 0 Å². The van der Waals surface area contributed by atoms with Crippen LogP contribution in [0.4, 0.5) is 0 Å². The maximum Gasteiger partial charge on any atom is 0.272 e. The van der Waals surface area contributed by atoms with E-state index < -0.39 is 6.48 Å². The standard InChI is InChI=1S/C14H23NO3/c1-2-16-13-17-10-6-14(7-11(10)18-13)9-4-3-8(5-9)12(14)15/h8-13H,2-7,15H2,1H3/t8-,9+,10-,11?,12-,13?,14?/m1/s1. The third kappa shape index (κ3) is 1.40. The van der Waals surface area contributed by atoms with E-state index in [0.29, 0.717) is 18.1 Å². The second-order valence-corrected chi connectivity index (χ2v) is 6.53. The highest BCUT2D eigenvalue weighted by Crippen LogP contribution is 2.63. The van der Waals surface area contributed by atoms with Crippen molar-refractivity contribution in [2.75, 3.05) is 6.61 Å². The maximum atomic E-state index is 6.51. The van der Waals surface area contributed by atoms with Gasteiger partial charge in [-0.15, -0.1) is 0 Å². The number of hydrogen-bond donors (Lipinski definition) is 1. The molecular formula is C14H23NO3. The molecule has 3 aliphatic carbocycles. The third-order valence-corrected chi connectivity index (χ3v) is 5.91. The van der Waals surface area contributed by atoms with E-state index in [2.05, 4.69) is 0 Å². The van der Waals surface area contributed by atoms with Crippen molar-refractivity contribution in [2.24, 2.45) is 23.0 Å². The Kier molecular flexibility index (Phi) is 2.54. The first-order chi connectivity index (χ1) is 8.73. The Morgan fingerprint density at radius 3 is 2.50 bits per heavy atom. The Hall–Kier alpha value is -0.160. The van der Waals surface area contributed by atoms with Crippen molar-refractivity contribution >= 4 is 0 Å². The monoisotopic (exact) mass is 253 g/mol. The van der Waals surface area contributed by atoms with Crippen LogP contribution in [-0.4, -0.2) is 31.3 Å². The third-order valence-electron chi connectivity index (χ3n) is 5.91. The fraction of sp³-hybridized carbons (Fsp3) is 1.00. The number of ether oxygens (including phenoxy) is 3. The highest BCUT2D eigenvalue weighted by Gasteiger charge is 2.63. The van der Waals surface area contributed by atoms with Crippen molar-refractivity contribution in [2.45, 2.75) is 63.8 Å². The van der Waals surface area contributed by atoms with Crippen molar-refractivity contribution in [3.05, 3.63) is 0 Å². The Morgan fingerprint density at radius 1 is 1.22 bits per heavy atom. The van der Waals surface area contributed by atoms with Gasteiger partial charge in [0.15, 0.2) is 0 Å². The summed E-state index contributed by atoms with van der Waals surface area (Å²) in [5.41, 5.74) is 6.83. The lowest BCUT2D eigenvalue weighted by Gasteiger charge is -2.40. The average Bonchev–Trinajstić information content (AvgIpc) is 3.02. The van der Waals surface area contributed by atoms with Crippen LogP contribution in [0.15, 0.2) is 0 Å². The number of fused-ring (bicyclic) bond motifs is 4. The van der Waals surface area contributed by atoms with Gasteiger partial charge in [-0.25, -0.2) is 0 Å². The lowest BCUT2D eigenvalue weighted by Crippen LogP contribution is -2.45. The molecule has 4 fully saturated rings. The fourth-order valence-corrected chi connectivity index (χ4v) is 5.11. The number of hydrogen-bond acceptors (Lipinski definition) is 4. The number of rotatable bonds is 2. The molecule has 1 saturated heterocycles. The van der Waals surface area contributed by atoms with Crippen LogP contribution in [0.1, 0.15) is 39.0 Å². The predicted octanol–water partition coefficient (Wildman–Crippen LogP) is 1.63. The minimum absolute atomic E-state index is 0.215. The average molecular weight is 253 g/mol. The van der Waals surface area contributed by atoms with Crippen molar-refractivity contribution in [3.63, 3.8) is 0 Å². The molecule has 1 aliphatic heterocycles. The van der Waals surface area contributed by atoms with Gasteiger partial charge in [-0.2, -0.15) is 0 Å². The normalized spacial score (nSPS) is 57.7. The predicted molar refractivity (Wildman–Crippen MR) is 65.6 cm³/mol. The highest BCUT2D eigenvalue weighted by atomic mass is 16.9. The first kappa shape index (κ1) is 11.6. The zero-order valence-corrected chi connectivity index (χ0v) is 11.0. The van der Waals surface area contributed by atoms with E-state index in [1.165, 1.54) is 19.3 Å². The summed E-state index contributed by atoms with van der Waals surface area (Å²) >= 11 is 0. The highest BCUT2D eigenvalue weighted by molar-refractivity contribution is 5.14. The van der Waals surface area contributed by atoms with Gasteiger partial charge in [-0.05, 0) is 56.3 Å². The van der Waals surface area contributed by atoms with E-state index in [1.54, 1.807) is 0 Å². The van der Waals surface area contributed by atoms with Crippen LogP contribution in [-0.2, 0) is 14.2 Å². The van der Waals surface area contributed by atoms with Gasteiger partial charge < -0.3 is 19.9 Å². The summed E-state index contributed by atoms with van der Waals surface area (Å²) in [5.74, 6) is 1.58. The summed E-state index contributed by atoms with van der Waals surface area (Å²) < 4.78 is 17.1. The molecule has 0 aromatic rings. The van der Waals surface area contributed by atoms with E-state index in [0.717, 1.165) is 24.7 Å². The van der Waals surface area contributed by atoms with E-state index in [9.17, 15) is 0 Å². The molecule has 4 heteroatoms. The molecule has 3 saturated carbocycles. The van der Waals surface area contributed by atoms with Crippen molar-refractivity contribution in [3.8, 4) is 0 Å². The zero-order valence-electron chi connectivity index (χ0n) is 11.0. The van der Waals surface area contributed by atoms with Gasteiger partial charge in [0, 0.05) is 12.6 Å². The SMILES string of the molecule is CCOC1OC2CC3(C[C@H]2O1)[C@H]1CC[C@H](C1)[C@H]3N. The largest absolute Gasteiger partial charge is 0.330 e. The first-order valence-corrected chi connectivity index (χ1v) is 7.41. The van der Waals surface area contributed by atoms with E-state index in [-0.39, 0.29) is 12.2 Å². The van der Waals surface area contributed by atoms with Crippen LogP contribution in [0.5, 0.6) is 0 Å². The molecule has 3 unspecified atom stereocenters. The summed E-state index contributed by atoms with van der Waals surface area (Å²) in [4.78, 5) is 0. The molecule has 18 heavy (non-hydrogen) atoms. The maximum absolute atomic E-state index is 6.51. The minimum Gasteiger partial charge on any atom is -0.330 e. The minimum atomic E-state index is -0.433. The lowest BCUT2D eigenvalue weighted by molar-refractivity contribution is -0.247. The molecule has 4 aliphatic rings. The smallest absolute Gasteiger partial charge is 0.272 e. The fourth-order valence-electron chi connectivity index (χ4n) is 5.11. The lowest BCUT2D eigenvalue weighted by atomic mass is 9.69. The van der Waals surface area contributed by atoms with Crippen LogP contribution in [0.3, 0.4) is 0 Å². The van der Waals surface area contributed by atoms with E-state index in [4.69, 9.17) is 19.9 Å². The molecule has 0 aromatic carbocycles. The van der Waals surface area contributed by atoms with Gasteiger partial charge in [0.05, 0.1) is 12.2 Å². The zero-order chi connectivity index (χ0) is 12.3. The Balaban J connectivity index is 1.50. The summed E-state index contributed by atoms with van der Waals surface area (Å²) in [6.45, 7) is 2.17. The molecule has 1 heterocycles. The second kappa shape index (κ2) is 3.92.